The lowest BCUT2D eigenvalue weighted by Gasteiger charge is -2.04. The Bertz CT molecular complexity index is 861. The Morgan fingerprint density at radius 3 is 2.73 bits per heavy atom. The molecule has 114 valence electrons. The fourth-order valence-electron chi connectivity index (χ4n) is 2.63. The van der Waals surface area contributed by atoms with Crippen molar-refractivity contribution in [3.8, 4) is 0 Å². The van der Waals surface area contributed by atoms with Gasteiger partial charge in [-0.15, -0.1) is 0 Å². The Morgan fingerprint density at radius 2 is 2.05 bits per heavy atom. The van der Waals surface area contributed by atoms with Gasteiger partial charge in [0.25, 0.3) is 0 Å². The molecule has 0 fully saturated rings. The number of nitrogens with zero attached hydrogens (tertiary/aromatic N) is 3. The highest BCUT2D eigenvalue weighted by molar-refractivity contribution is 5.94. The van der Waals surface area contributed by atoms with E-state index in [9.17, 15) is 4.79 Å². The van der Waals surface area contributed by atoms with Gasteiger partial charge in [0.05, 0.1) is 12.1 Å². The van der Waals surface area contributed by atoms with Crippen LogP contribution in [0.4, 0.5) is 5.82 Å². The van der Waals surface area contributed by atoms with Crippen LogP contribution < -0.4 is 5.32 Å². The molecule has 0 saturated heterocycles. The van der Waals surface area contributed by atoms with Crippen LogP contribution in [0.1, 0.15) is 22.5 Å². The van der Waals surface area contributed by atoms with Crippen LogP contribution in [0.15, 0.2) is 22.7 Å². The van der Waals surface area contributed by atoms with E-state index in [1.165, 1.54) is 0 Å². The van der Waals surface area contributed by atoms with Gasteiger partial charge in [-0.3, -0.25) is 9.48 Å². The summed E-state index contributed by atoms with van der Waals surface area (Å²) in [5.74, 6) is 0.528. The van der Waals surface area contributed by atoms with E-state index >= 15 is 0 Å². The van der Waals surface area contributed by atoms with Crippen LogP contribution in [0, 0.1) is 20.8 Å². The minimum Gasteiger partial charge on any atom is -0.356 e. The van der Waals surface area contributed by atoms with Gasteiger partial charge in [-0.2, -0.15) is 5.10 Å². The average Bonchev–Trinajstić information content (AvgIpc) is 2.94. The van der Waals surface area contributed by atoms with E-state index in [0.29, 0.717) is 11.5 Å². The number of fused-ring (bicyclic) bond motifs is 1. The summed E-state index contributed by atoms with van der Waals surface area (Å²) < 4.78 is 7.01. The summed E-state index contributed by atoms with van der Waals surface area (Å²) in [5.41, 5.74) is 4.40. The lowest BCUT2D eigenvalue weighted by molar-refractivity contribution is -0.115. The van der Waals surface area contributed by atoms with Crippen LogP contribution in [-0.4, -0.2) is 20.8 Å². The van der Waals surface area contributed by atoms with Crippen LogP contribution >= 0.6 is 0 Å². The number of carbonyl (C=O) groups is 1. The molecular weight excluding hydrogens is 280 g/mol. The summed E-state index contributed by atoms with van der Waals surface area (Å²) in [6, 6.07) is 5.86. The Kier molecular flexibility index (Phi) is 3.44. The molecule has 3 aromatic rings. The number of amides is 1. The molecule has 0 aliphatic carbocycles. The van der Waals surface area contributed by atoms with E-state index in [1.807, 2.05) is 39.0 Å². The predicted octanol–water partition coefficient (Wildman–Crippen LogP) is 2.67. The van der Waals surface area contributed by atoms with Gasteiger partial charge >= 0.3 is 0 Å². The van der Waals surface area contributed by atoms with E-state index in [1.54, 1.807) is 11.7 Å². The number of anilines is 1. The normalized spacial score (nSPS) is 11.1. The molecule has 0 bridgehead atoms. The second-order valence-electron chi connectivity index (χ2n) is 5.61. The van der Waals surface area contributed by atoms with E-state index in [-0.39, 0.29) is 12.3 Å². The SMILES string of the molecule is Cc1cc(C)c2onc(CC(=O)Nc3cc(C)nn3C)c2c1. The maximum atomic E-state index is 12.2. The molecule has 2 aromatic heterocycles. The minimum absolute atomic E-state index is 0.141. The number of aromatic nitrogens is 3. The molecule has 1 aromatic carbocycles. The van der Waals surface area contributed by atoms with Gasteiger partial charge in [0, 0.05) is 18.5 Å². The molecule has 0 atom stereocenters. The smallest absolute Gasteiger partial charge is 0.231 e. The monoisotopic (exact) mass is 298 g/mol. The highest BCUT2D eigenvalue weighted by Gasteiger charge is 2.15. The second kappa shape index (κ2) is 5.29. The number of nitrogens with one attached hydrogen (secondary N) is 1. The van der Waals surface area contributed by atoms with Crippen molar-refractivity contribution in [1.82, 2.24) is 14.9 Å². The van der Waals surface area contributed by atoms with Gasteiger partial charge in [-0.1, -0.05) is 11.2 Å². The van der Waals surface area contributed by atoms with Gasteiger partial charge in [-0.25, -0.2) is 0 Å². The highest BCUT2D eigenvalue weighted by atomic mass is 16.5. The molecule has 0 spiro atoms. The van der Waals surface area contributed by atoms with Gasteiger partial charge in [0.1, 0.15) is 11.5 Å². The molecule has 0 saturated carbocycles. The number of hydrogen-bond acceptors (Lipinski definition) is 4. The maximum absolute atomic E-state index is 12.2. The van der Waals surface area contributed by atoms with Crippen molar-refractivity contribution < 1.29 is 9.32 Å². The van der Waals surface area contributed by atoms with Crippen LogP contribution in [0.2, 0.25) is 0 Å². The van der Waals surface area contributed by atoms with Gasteiger partial charge in [0.2, 0.25) is 5.91 Å². The molecule has 1 amide bonds. The fourth-order valence-corrected chi connectivity index (χ4v) is 2.63. The molecule has 2 heterocycles. The van der Waals surface area contributed by atoms with Crippen molar-refractivity contribution in [2.75, 3.05) is 5.32 Å². The van der Waals surface area contributed by atoms with Crippen molar-refractivity contribution in [2.24, 2.45) is 7.05 Å². The third kappa shape index (κ3) is 2.59. The van der Waals surface area contributed by atoms with Crippen molar-refractivity contribution in [2.45, 2.75) is 27.2 Å². The van der Waals surface area contributed by atoms with Crippen molar-refractivity contribution in [3.05, 3.63) is 40.7 Å². The van der Waals surface area contributed by atoms with Crippen molar-refractivity contribution in [3.63, 3.8) is 0 Å². The number of benzene rings is 1. The summed E-state index contributed by atoms with van der Waals surface area (Å²) in [6.45, 7) is 5.87. The molecule has 0 radical (unpaired) electrons. The maximum Gasteiger partial charge on any atom is 0.231 e. The largest absolute Gasteiger partial charge is 0.356 e. The molecule has 1 N–H and O–H groups in total. The third-order valence-corrected chi connectivity index (χ3v) is 3.57. The van der Waals surface area contributed by atoms with E-state index in [0.717, 1.165) is 27.8 Å². The summed E-state index contributed by atoms with van der Waals surface area (Å²) in [6.07, 6.45) is 0.167. The van der Waals surface area contributed by atoms with Crippen molar-refractivity contribution in [1.29, 1.82) is 0 Å². The lowest BCUT2D eigenvalue weighted by Crippen LogP contribution is -2.16. The number of hydrogen-bond donors (Lipinski definition) is 1. The Hall–Kier alpha value is -2.63. The van der Waals surface area contributed by atoms with Crippen LogP contribution in [0.5, 0.6) is 0 Å². The van der Waals surface area contributed by atoms with Crippen LogP contribution in [0.3, 0.4) is 0 Å². The minimum atomic E-state index is -0.141. The second-order valence-corrected chi connectivity index (χ2v) is 5.61. The van der Waals surface area contributed by atoms with Crippen LogP contribution in [-0.2, 0) is 18.3 Å². The summed E-state index contributed by atoms with van der Waals surface area (Å²) in [4.78, 5) is 12.2. The molecule has 0 aliphatic rings. The van der Waals surface area contributed by atoms with E-state index < -0.39 is 0 Å². The number of aryl methyl sites for hydroxylation is 4. The zero-order valence-corrected chi connectivity index (χ0v) is 13.1. The quantitative estimate of drug-likeness (QED) is 0.807. The van der Waals surface area contributed by atoms with Crippen LogP contribution in [0.25, 0.3) is 11.0 Å². The molecule has 22 heavy (non-hydrogen) atoms. The van der Waals surface area contributed by atoms with E-state index in [4.69, 9.17) is 4.52 Å². The first kappa shape index (κ1) is 14.3. The summed E-state index contributed by atoms with van der Waals surface area (Å²) >= 11 is 0. The third-order valence-electron chi connectivity index (χ3n) is 3.57. The number of rotatable bonds is 3. The molecular formula is C16H18N4O2. The molecule has 0 unspecified atom stereocenters. The van der Waals surface area contributed by atoms with E-state index in [2.05, 4.69) is 15.6 Å². The zero-order chi connectivity index (χ0) is 15.9. The van der Waals surface area contributed by atoms with Gasteiger partial charge in [-0.05, 0) is 38.0 Å². The average molecular weight is 298 g/mol. The zero-order valence-electron chi connectivity index (χ0n) is 13.1. The standard InChI is InChI=1S/C16H18N4O2/c1-9-5-10(2)16-12(6-9)13(19-22-16)8-15(21)17-14-7-11(3)18-20(14)4/h5-7H,8H2,1-4H3,(H,17,21). The lowest BCUT2D eigenvalue weighted by atomic mass is 10.1. The van der Waals surface area contributed by atoms with Gasteiger partial charge < -0.3 is 9.84 Å². The fraction of sp³-hybridized carbons (Fsp3) is 0.312. The van der Waals surface area contributed by atoms with Gasteiger partial charge in [0.15, 0.2) is 5.58 Å². The predicted molar refractivity (Wildman–Crippen MR) is 83.8 cm³/mol. The molecule has 6 heteroatoms. The first-order valence-corrected chi connectivity index (χ1v) is 7.10. The summed E-state index contributed by atoms with van der Waals surface area (Å²) in [7, 11) is 1.79. The topological polar surface area (TPSA) is 73.0 Å². The molecule has 6 nitrogen and oxygen atoms in total. The number of carbonyl (C=O) groups excluding carboxylic acids is 1. The molecule has 3 rings (SSSR count). The molecule has 0 aliphatic heterocycles. The Labute approximate surface area is 128 Å². The first-order chi connectivity index (χ1) is 10.4. The Morgan fingerprint density at radius 1 is 1.27 bits per heavy atom. The highest BCUT2D eigenvalue weighted by Crippen LogP contribution is 2.24. The summed E-state index contributed by atoms with van der Waals surface area (Å²) in [5, 5.41) is 12.0. The Balaban J connectivity index is 1.84. The first-order valence-electron chi connectivity index (χ1n) is 7.10. The van der Waals surface area contributed by atoms with Crippen molar-refractivity contribution >= 4 is 22.7 Å².